The predicted octanol–water partition coefficient (Wildman–Crippen LogP) is 2.92. The Morgan fingerprint density at radius 1 is 1.08 bits per heavy atom. The molecule has 0 fully saturated rings. The minimum absolute atomic E-state index is 0.156. The quantitative estimate of drug-likeness (QED) is 0.885. The van der Waals surface area contributed by atoms with Crippen LogP contribution in [0.1, 0.15) is 19.4 Å². The Morgan fingerprint density at radius 3 is 2.42 bits per heavy atom. The van der Waals surface area contributed by atoms with Crippen LogP contribution in [0, 0.1) is 11.3 Å². The van der Waals surface area contributed by atoms with Gasteiger partial charge in [0.15, 0.2) is 6.10 Å². The monoisotopic (exact) mass is 323 g/mol. The van der Waals surface area contributed by atoms with E-state index in [2.05, 4.69) is 10.6 Å². The van der Waals surface area contributed by atoms with Gasteiger partial charge in [-0.15, -0.1) is 0 Å². The fourth-order valence-corrected chi connectivity index (χ4v) is 1.99. The van der Waals surface area contributed by atoms with E-state index in [1.807, 2.05) is 6.07 Å². The average Bonchev–Trinajstić information content (AvgIpc) is 2.56. The highest BCUT2D eigenvalue weighted by Crippen LogP contribution is 2.18. The molecule has 0 bridgehead atoms. The molecule has 2 amide bonds. The number of nitriles is 1. The number of hydrogen-bond acceptors (Lipinski definition) is 4. The zero-order valence-electron chi connectivity index (χ0n) is 13.4. The Hall–Kier alpha value is -3.33. The molecule has 2 rings (SSSR count). The summed E-state index contributed by atoms with van der Waals surface area (Å²) in [7, 11) is 0. The Balaban J connectivity index is 1.95. The Morgan fingerprint density at radius 2 is 1.79 bits per heavy atom. The number of carbonyl (C=O) groups excluding carboxylic acids is 2. The minimum Gasteiger partial charge on any atom is -0.481 e. The lowest BCUT2D eigenvalue weighted by molar-refractivity contribution is -0.122. The SMILES string of the molecule is CC(=O)Nc1ccc(O[C@H](C)C(=O)Nc2cccc(C#N)c2)cc1. The summed E-state index contributed by atoms with van der Waals surface area (Å²) in [6, 6.07) is 15.4. The second-order valence-electron chi connectivity index (χ2n) is 5.15. The van der Waals surface area contributed by atoms with E-state index in [-0.39, 0.29) is 11.8 Å². The standard InChI is InChI=1S/C18H17N3O3/c1-12(18(23)21-16-5-3-4-14(10-16)11-19)24-17-8-6-15(7-9-17)20-13(2)22/h3-10,12H,1-2H3,(H,20,22)(H,21,23)/t12-/m1/s1. The molecule has 0 radical (unpaired) electrons. The van der Waals surface area contributed by atoms with Crippen LogP contribution in [0.2, 0.25) is 0 Å². The highest BCUT2D eigenvalue weighted by atomic mass is 16.5. The molecular formula is C18H17N3O3. The maximum Gasteiger partial charge on any atom is 0.265 e. The highest BCUT2D eigenvalue weighted by Gasteiger charge is 2.15. The summed E-state index contributed by atoms with van der Waals surface area (Å²) in [5.74, 6) is 0.0320. The number of carbonyl (C=O) groups is 2. The van der Waals surface area contributed by atoms with Gasteiger partial charge in [0.2, 0.25) is 5.91 Å². The molecule has 2 N–H and O–H groups in total. The van der Waals surface area contributed by atoms with E-state index < -0.39 is 6.10 Å². The molecule has 2 aromatic rings. The van der Waals surface area contributed by atoms with Crippen LogP contribution in [0.15, 0.2) is 48.5 Å². The van der Waals surface area contributed by atoms with Crippen LogP contribution < -0.4 is 15.4 Å². The molecule has 0 aliphatic rings. The van der Waals surface area contributed by atoms with Gasteiger partial charge in [-0.05, 0) is 49.4 Å². The maximum absolute atomic E-state index is 12.2. The molecule has 0 aromatic heterocycles. The Kier molecular flexibility index (Phi) is 5.53. The molecule has 2 aromatic carbocycles. The largest absolute Gasteiger partial charge is 0.481 e. The van der Waals surface area contributed by atoms with Crippen molar-refractivity contribution in [2.45, 2.75) is 20.0 Å². The number of anilines is 2. The molecule has 0 unspecified atom stereocenters. The van der Waals surface area contributed by atoms with E-state index in [1.54, 1.807) is 55.5 Å². The van der Waals surface area contributed by atoms with Crippen molar-refractivity contribution in [2.24, 2.45) is 0 Å². The number of nitrogens with one attached hydrogen (secondary N) is 2. The molecule has 0 aliphatic heterocycles. The van der Waals surface area contributed by atoms with Crippen molar-refractivity contribution in [1.82, 2.24) is 0 Å². The number of nitrogens with zero attached hydrogens (tertiary/aromatic N) is 1. The molecule has 1 atom stereocenters. The van der Waals surface area contributed by atoms with Gasteiger partial charge in [-0.3, -0.25) is 9.59 Å². The van der Waals surface area contributed by atoms with E-state index in [1.165, 1.54) is 6.92 Å². The first-order valence-electron chi connectivity index (χ1n) is 7.33. The third-order valence-corrected chi connectivity index (χ3v) is 3.12. The summed E-state index contributed by atoms with van der Waals surface area (Å²) >= 11 is 0. The van der Waals surface area contributed by atoms with Gasteiger partial charge < -0.3 is 15.4 Å². The second-order valence-corrected chi connectivity index (χ2v) is 5.15. The van der Waals surface area contributed by atoms with Crippen LogP contribution in [0.3, 0.4) is 0 Å². The van der Waals surface area contributed by atoms with E-state index >= 15 is 0 Å². The molecule has 0 aliphatic carbocycles. The van der Waals surface area contributed by atoms with E-state index in [9.17, 15) is 9.59 Å². The smallest absolute Gasteiger partial charge is 0.265 e. The molecular weight excluding hydrogens is 306 g/mol. The first kappa shape index (κ1) is 17.0. The molecule has 0 saturated carbocycles. The van der Waals surface area contributed by atoms with E-state index in [0.717, 1.165) is 0 Å². The van der Waals surface area contributed by atoms with Crippen LogP contribution >= 0.6 is 0 Å². The molecule has 0 saturated heterocycles. The molecule has 0 heterocycles. The third-order valence-electron chi connectivity index (χ3n) is 3.12. The van der Waals surface area contributed by atoms with Gasteiger partial charge in [0.1, 0.15) is 5.75 Å². The number of amides is 2. The average molecular weight is 323 g/mol. The Labute approximate surface area is 140 Å². The number of ether oxygens (including phenoxy) is 1. The lowest BCUT2D eigenvalue weighted by atomic mass is 10.2. The minimum atomic E-state index is -0.720. The van der Waals surface area contributed by atoms with Crippen molar-refractivity contribution in [1.29, 1.82) is 5.26 Å². The van der Waals surface area contributed by atoms with E-state index in [4.69, 9.17) is 10.00 Å². The summed E-state index contributed by atoms with van der Waals surface area (Å²) in [5.41, 5.74) is 1.66. The topological polar surface area (TPSA) is 91.2 Å². The number of benzene rings is 2. The zero-order chi connectivity index (χ0) is 17.5. The van der Waals surface area contributed by atoms with Crippen molar-refractivity contribution in [3.8, 4) is 11.8 Å². The van der Waals surface area contributed by atoms with Gasteiger partial charge in [-0.1, -0.05) is 6.07 Å². The number of hydrogen-bond donors (Lipinski definition) is 2. The highest BCUT2D eigenvalue weighted by molar-refractivity contribution is 5.94. The van der Waals surface area contributed by atoms with Gasteiger partial charge in [0.25, 0.3) is 5.91 Å². The normalized spacial score (nSPS) is 11.0. The van der Waals surface area contributed by atoms with Crippen LogP contribution in [0.5, 0.6) is 5.75 Å². The summed E-state index contributed by atoms with van der Waals surface area (Å²) in [5, 5.41) is 14.2. The first-order valence-corrected chi connectivity index (χ1v) is 7.33. The van der Waals surface area contributed by atoms with Gasteiger partial charge in [0, 0.05) is 18.3 Å². The molecule has 24 heavy (non-hydrogen) atoms. The second kappa shape index (κ2) is 7.79. The lowest BCUT2D eigenvalue weighted by Gasteiger charge is -2.15. The third kappa shape index (κ3) is 4.85. The molecule has 0 spiro atoms. The van der Waals surface area contributed by atoms with Crippen LogP contribution in [-0.2, 0) is 9.59 Å². The van der Waals surface area contributed by atoms with Crippen LogP contribution in [0.25, 0.3) is 0 Å². The van der Waals surface area contributed by atoms with Crippen molar-refractivity contribution >= 4 is 23.2 Å². The van der Waals surface area contributed by atoms with Crippen molar-refractivity contribution in [2.75, 3.05) is 10.6 Å². The maximum atomic E-state index is 12.2. The summed E-state index contributed by atoms with van der Waals surface area (Å²) in [6.45, 7) is 3.06. The fraction of sp³-hybridized carbons (Fsp3) is 0.167. The van der Waals surface area contributed by atoms with E-state index in [0.29, 0.717) is 22.7 Å². The summed E-state index contributed by atoms with van der Waals surface area (Å²) in [4.78, 5) is 23.1. The van der Waals surface area contributed by atoms with Gasteiger partial charge in [-0.25, -0.2) is 0 Å². The van der Waals surface area contributed by atoms with Gasteiger partial charge in [-0.2, -0.15) is 5.26 Å². The van der Waals surface area contributed by atoms with Crippen molar-refractivity contribution in [3.63, 3.8) is 0 Å². The zero-order valence-corrected chi connectivity index (χ0v) is 13.4. The summed E-state index contributed by atoms with van der Waals surface area (Å²) in [6.07, 6.45) is -0.720. The predicted molar refractivity (Wildman–Crippen MR) is 90.6 cm³/mol. The van der Waals surface area contributed by atoms with Gasteiger partial charge in [0.05, 0.1) is 11.6 Å². The van der Waals surface area contributed by atoms with Crippen molar-refractivity contribution in [3.05, 3.63) is 54.1 Å². The number of rotatable bonds is 5. The van der Waals surface area contributed by atoms with Crippen molar-refractivity contribution < 1.29 is 14.3 Å². The molecule has 122 valence electrons. The first-order chi connectivity index (χ1) is 11.5. The van der Waals surface area contributed by atoms with Crippen LogP contribution in [-0.4, -0.2) is 17.9 Å². The molecule has 6 heteroatoms. The molecule has 6 nitrogen and oxygen atoms in total. The Bertz CT molecular complexity index is 779. The summed E-state index contributed by atoms with van der Waals surface area (Å²) < 4.78 is 5.58. The van der Waals surface area contributed by atoms with Crippen LogP contribution in [0.4, 0.5) is 11.4 Å². The fourth-order valence-electron chi connectivity index (χ4n) is 1.99. The lowest BCUT2D eigenvalue weighted by Crippen LogP contribution is -2.30. The van der Waals surface area contributed by atoms with Gasteiger partial charge >= 0.3 is 0 Å².